The Morgan fingerprint density at radius 2 is 2.00 bits per heavy atom. The predicted molar refractivity (Wildman–Crippen MR) is 82.1 cm³/mol. The first-order valence-corrected chi connectivity index (χ1v) is 7.78. The molecule has 5 heteroatoms. The Bertz CT molecular complexity index is 577. The van der Waals surface area contributed by atoms with E-state index in [1.807, 2.05) is 30.3 Å². The van der Waals surface area contributed by atoms with Crippen LogP contribution in [0.4, 0.5) is 0 Å². The van der Waals surface area contributed by atoms with Gasteiger partial charge >= 0.3 is 0 Å². The Balaban J connectivity index is 1.99. The maximum absolute atomic E-state index is 13.3. The molecule has 2 fully saturated rings. The van der Waals surface area contributed by atoms with Crippen LogP contribution in [0.3, 0.4) is 0 Å². The molecule has 1 unspecified atom stereocenters. The van der Waals surface area contributed by atoms with Crippen molar-refractivity contribution in [2.75, 3.05) is 19.7 Å². The van der Waals surface area contributed by atoms with Gasteiger partial charge in [0.15, 0.2) is 5.60 Å². The maximum Gasteiger partial charge on any atom is 0.260 e. The van der Waals surface area contributed by atoms with Crippen LogP contribution in [0.5, 0.6) is 0 Å². The van der Waals surface area contributed by atoms with Gasteiger partial charge in [0, 0.05) is 19.7 Å². The van der Waals surface area contributed by atoms with Gasteiger partial charge < -0.3 is 15.0 Å². The van der Waals surface area contributed by atoms with Crippen molar-refractivity contribution in [2.45, 2.75) is 37.8 Å². The van der Waals surface area contributed by atoms with Crippen LogP contribution < -0.4 is 5.32 Å². The zero-order valence-electron chi connectivity index (χ0n) is 13.1. The highest BCUT2D eigenvalue weighted by atomic mass is 16.5. The molecule has 0 saturated carbocycles. The molecule has 0 spiro atoms. The van der Waals surface area contributed by atoms with Crippen molar-refractivity contribution >= 4 is 11.8 Å². The number of hydrogen-bond donors (Lipinski definition) is 1. The van der Waals surface area contributed by atoms with Crippen LogP contribution in [0, 0.1) is 0 Å². The first-order valence-electron chi connectivity index (χ1n) is 7.78. The molecule has 2 heterocycles. The second kappa shape index (κ2) is 5.39. The Hall–Kier alpha value is -1.88. The molecule has 0 radical (unpaired) electrons. The van der Waals surface area contributed by atoms with E-state index in [9.17, 15) is 9.59 Å². The first-order chi connectivity index (χ1) is 10.5. The van der Waals surface area contributed by atoms with E-state index < -0.39 is 11.1 Å². The van der Waals surface area contributed by atoms with Crippen molar-refractivity contribution in [3.05, 3.63) is 35.9 Å². The predicted octanol–water partition coefficient (Wildman–Crippen LogP) is 1.43. The molecule has 2 aliphatic rings. The van der Waals surface area contributed by atoms with Crippen LogP contribution in [-0.2, 0) is 19.9 Å². The summed E-state index contributed by atoms with van der Waals surface area (Å²) in [6.07, 6.45) is 1.51. The molecular formula is C17H22N2O3. The van der Waals surface area contributed by atoms with Crippen molar-refractivity contribution in [3.63, 3.8) is 0 Å². The Labute approximate surface area is 130 Å². The van der Waals surface area contributed by atoms with E-state index in [1.54, 1.807) is 18.7 Å². The molecule has 5 nitrogen and oxygen atoms in total. The molecule has 2 amide bonds. The smallest absolute Gasteiger partial charge is 0.260 e. The first kappa shape index (κ1) is 15.0. The van der Waals surface area contributed by atoms with Crippen LogP contribution in [0.2, 0.25) is 0 Å². The van der Waals surface area contributed by atoms with Crippen LogP contribution in [0.25, 0.3) is 0 Å². The zero-order valence-corrected chi connectivity index (χ0v) is 13.1. The standard InChI is InChI=1S/C17H22N2O3/c1-16(2)14(20)18-10-11-19(16)15(21)17(9-6-12-22-17)13-7-4-3-5-8-13/h3-5,7-8H,6,9-12H2,1-2H3,(H,18,20). The van der Waals surface area contributed by atoms with E-state index in [0.29, 0.717) is 26.1 Å². The highest BCUT2D eigenvalue weighted by Gasteiger charge is 2.51. The molecule has 118 valence electrons. The Kier molecular flexibility index (Phi) is 3.68. The molecule has 1 aromatic rings. The molecular weight excluding hydrogens is 280 g/mol. The topological polar surface area (TPSA) is 58.6 Å². The summed E-state index contributed by atoms with van der Waals surface area (Å²) in [4.78, 5) is 27.1. The van der Waals surface area contributed by atoms with Gasteiger partial charge in [0.05, 0.1) is 0 Å². The number of amides is 2. The SMILES string of the molecule is CC1(C)C(=O)NCCN1C(=O)C1(c2ccccc2)CCCO1. The molecule has 0 aromatic heterocycles. The summed E-state index contributed by atoms with van der Waals surface area (Å²) in [6, 6.07) is 9.62. The second-order valence-corrected chi connectivity index (χ2v) is 6.42. The number of benzene rings is 1. The molecule has 2 aliphatic heterocycles. The van der Waals surface area contributed by atoms with E-state index in [2.05, 4.69) is 5.32 Å². The summed E-state index contributed by atoms with van der Waals surface area (Å²) in [5.41, 5.74) is -0.932. The summed E-state index contributed by atoms with van der Waals surface area (Å²) in [6.45, 7) is 5.13. The van der Waals surface area contributed by atoms with Crippen molar-refractivity contribution in [1.29, 1.82) is 0 Å². The van der Waals surface area contributed by atoms with Gasteiger partial charge in [-0.05, 0) is 32.3 Å². The zero-order chi connectivity index (χ0) is 15.8. The van der Waals surface area contributed by atoms with Gasteiger partial charge in [-0.1, -0.05) is 30.3 Å². The van der Waals surface area contributed by atoms with Gasteiger partial charge in [0.25, 0.3) is 5.91 Å². The molecule has 3 rings (SSSR count). The summed E-state index contributed by atoms with van der Waals surface area (Å²) >= 11 is 0. The number of carbonyl (C=O) groups is 2. The third-order valence-corrected chi connectivity index (χ3v) is 4.70. The molecule has 1 aromatic carbocycles. The fourth-order valence-electron chi connectivity index (χ4n) is 3.34. The summed E-state index contributed by atoms with van der Waals surface area (Å²) < 4.78 is 5.95. The molecule has 0 bridgehead atoms. The average Bonchev–Trinajstić information content (AvgIpc) is 3.01. The third-order valence-electron chi connectivity index (χ3n) is 4.70. The van der Waals surface area contributed by atoms with Crippen molar-refractivity contribution in [1.82, 2.24) is 10.2 Å². The summed E-state index contributed by atoms with van der Waals surface area (Å²) in [7, 11) is 0. The van der Waals surface area contributed by atoms with Gasteiger partial charge in [0.2, 0.25) is 5.91 Å². The number of piperazine rings is 1. The van der Waals surface area contributed by atoms with Crippen LogP contribution >= 0.6 is 0 Å². The van der Waals surface area contributed by atoms with Crippen LogP contribution in [0.15, 0.2) is 30.3 Å². The fourth-order valence-corrected chi connectivity index (χ4v) is 3.34. The van der Waals surface area contributed by atoms with E-state index >= 15 is 0 Å². The number of ether oxygens (including phenoxy) is 1. The quantitative estimate of drug-likeness (QED) is 0.899. The minimum Gasteiger partial charge on any atom is -0.360 e. The largest absolute Gasteiger partial charge is 0.360 e. The number of carbonyl (C=O) groups excluding carboxylic acids is 2. The lowest BCUT2D eigenvalue weighted by Gasteiger charge is -2.45. The van der Waals surface area contributed by atoms with Crippen LogP contribution in [-0.4, -0.2) is 41.9 Å². The molecule has 1 atom stereocenters. The normalized spacial score (nSPS) is 27.5. The van der Waals surface area contributed by atoms with Gasteiger partial charge in [0.1, 0.15) is 5.54 Å². The van der Waals surface area contributed by atoms with E-state index in [0.717, 1.165) is 12.0 Å². The van der Waals surface area contributed by atoms with Crippen molar-refractivity contribution in [2.24, 2.45) is 0 Å². The third kappa shape index (κ3) is 2.20. The van der Waals surface area contributed by atoms with Gasteiger partial charge in [-0.25, -0.2) is 0 Å². The Morgan fingerprint density at radius 3 is 2.64 bits per heavy atom. The van der Waals surface area contributed by atoms with Crippen molar-refractivity contribution in [3.8, 4) is 0 Å². The Morgan fingerprint density at radius 1 is 1.27 bits per heavy atom. The molecule has 1 N–H and O–H groups in total. The molecule has 0 aliphatic carbocycles. The summed E-state index contributed by atoms with van der Waals surface area (Å²) in [5, 5.41) is 2.83. The lowest BCUT2D eigenvalue weighted by atomic mass is 9.86. The monoisotopic (exact) mass is 302 g/mol. The minimum atomic E-state index is -0.948. The minimum absolute atomic E-state index is 0.101. The summed E-state index contributed by atoms with van der Waals surface area (Å²) in [5.74, 6) is -0.218. The van der Waals surface area contributed by atoms with Crippen molar-refractivity contribution < 1.29 is 14.3 Å². The number of rotatable bonds is 2. The highest BCUT2D eigenvalue weighted by molar-refractivity contribution is 5.95. The molecule has 2 saturated heterocycles. The molecule has 22 heavy (non-hydrogen) atoms. The second-order valence-electron chi connectivity index (χ2n) is 6.42. The average molecular weight is 302 g/mol. The van der Waals surface area contributed by atoms with E-state index in [1.165, 1.54) is 0 Å². The van der Waals surface area contributed by atoms with E-state index in [4.69, 9.17) is 4.74 Å². The number of hydrogen-bond acceptors (Lipinski definition) is 3. The number of nitrogens with one attached hydrogen (secondary N) is 1. The lowest BCUT2D eigenvalue weighted by Crippen LogP contribution is -2.66. The highest BCUT2D eigenvalue weighted by Crippen LogP contribution is 2.39. The maximum atomic E-state index is 13.3. The van der Waals surface area contributed by atoms with Gasteiger partial charge in [-0.3, -0.25) is 9.59 Å². The van der Waals surface area contributed by atoms with Gasteiger partial charge in [-0.2, -0.15) is 0 Å². The fraction of sp³-hybridized carbons (Fsp3) is 0.529. The lowest BCUT2D eigenvalue weighted by molar-refractivity contribution is -0.166. The van der Waals surface area contributed by atoms with Crippen LogP contribution in [0.1, 0.15) is 32.3 Å². The number of nitrogens with zero attached hydrogens (tertiary/aromatic N) is 1. The van der Waals surface area contributed by atoms with Gasteiger partial charge in [-0.15, -0.1) is 0 Å². The van der Waals surface area contributed by atoms with E-state index in [-0.39, 0.29) is 11.8 Å².